The van der Waals surface area contributed by atoms with Crippen LogP contribution in [0.3, 0.4) is 0 Å². The highest BCUT2D eigenvalue weighted by Crippen LogP contribution is 2.07. The first kappa shape index (κ1) is 19.2. The molecule has 0 aliphatic rings. The van der Waals surface area contributed by atoms with Crippen LogP contribution in [0.2, 0.25) is 0 Å². The van der Waals surface area contributed by atoms with E-state index < -0.39 is 0 Å². The molecule has 0 atom stereocenters. The smallest absolute Gasteiger partial charge is 0.251 e. The Hall–Kier alpha value is -1.88. The van der Waals surface area contributed by atoms with Crippen molar-refractivity contribution >= 4 is 11.8 Å². The molecule has 1 N–H and O–H groups in total. The zero-order chi connectivity index (χ0) is 17.2. The van der Waals surface area contributed by atoms with Crippen LogP contribution in [0.5, 0.6) is 0 Å². The molecule has 0 aliphatic carbocycles. The van der Waals surface area contributed by atoms with Gasteiger partial charge in [-0.05, 0) is 37.6 Å². The molecule has 1 rings (SSSR count). The molecule has 1 aromatic rings. The van der Waals surface area contributed by atoms with E-state index in [2.05, 4.69) is 19.2 Å². The summed E-state index contributed by atoms with van der Waals surface area (Å²) in [6.45, 7) is 6.92. The van der Waals surface area contributed by atoms with Gasteiger partial charge in [-0.15, -0.1) is 0 Å². The van der Waals surface area contributed by atoms with Crippen molar-refractivity contribution < 1.29 is 9.59 Å². The third-order valence-corrected chi connectivity index (χ3v) is 3.64. The highest BCUT2D eigenvalue weighted by atomic mass is 16.2. The summed E-state index contributed by atoms with van der Waals surface area (Å²) < 4.78 is 0. The van der Waals surface area contributed by atoms with Crippen LogP contribution in [0, 0.1) is 0 Å². The molecule has 0 bridgehead atoms. The summed E-state index contributed by atoms with van der Waals surface area (Å²) in [5, 5.41) is 2.60. The number of nitrogens with one attached hydrogen (secondary N) is 1. The van der Waals surface area contributed by atoms with Gasteiger partial charge in [-0.25, -0.2) is 0 Å². The van der Waals surface area contributed by atoms with Gasteiger partial charge in [-0.2, -0.15) is 0 Å². The SMILES string of the molecule is CCCN(CCC)C(=O)CN(C)Cc1ccc(C(=O)NC)cc1. The summed E-state index contributed by atoms with van der Waals surface area (Å²) in [5.41, 5.74) is 1.73. The summed E-state index contributed by atoms with van der Waals surface area (Å²) >= 11 is 0. The first-order valence-electron chi connectivity index (χ1n) is 8.29. The molecular weight excluding hydrogens is 290 g/mol. The predicted octanol–water partition coefficient (Wildman–Crippen LogP) is 2.13. The number of rotatable bonds is 9. The van der Waals surface area contributed by atoms with Crippen LogP contribution < -0.4 is 5.32 Å². The highest BCUT2D eigenvalue weighted by molar-refractivity contribution is 5.93. The maximum Gasteiger partial charge on any atom is 0.251 e. The number of hydrogen-bond donors (Lipinski definition) is 1. The molecule has 23 heavy (non-hydrogen) atoms. The van der Waals surface area contributed by atoms with Gasteiger partial charge >= 0.3 is 0 Å². The standard InChI is InChI=1S/C18H29N3O2/c1-5-11-21(12-6-2)17(22)14-20(4)13-15-7-9-16(10-8-15)18(23)19-3/h7-10H,5-6,11-14H2,1-4H3,(H,19,23). The van der Waals surface area contributed by atoms with Crippen molar-refractivity contribution in [1.29, 1.82) is 0 Å². The van der Waals surface area contributed by atoms with Crippen molar-refractivity contribution in [2.24, 2.45) is 0 Å². The van der Waals surface area contributed by atoms with Crippen LogP contribution in [-0.2, 0) is 11.3 Å². The van der Waals surface area contributed by atoms with Crippen LogP contribution in [0.15, 0.2) is 24.3 Å². The van der Waals surface area contributed by atoms with Gasteiger partial charge in [0.15, 0.2) is 0 Å². The molecule has 0 saturated heterocycles. The second-order valence-corrected chi connectivity index (χ2v) is 5.83. The monoisotopic (exact) mass is 319 g/mol. The van der Waals surface area contributed by atoms with Crippen LogP contribution in [0.4, 0.5) is 0 Å². The molecule has 0 aromatic heterocycles. The topological polar surface area (TPSA) is 52.7 Å². The zero-order valence-electron chi connectivity index (χ0n) is 14.8. The summed E-state index contributed by atoms with van der Waals surface area (Å²) in [7, 11) is 3.56. The predicted molar refractivity (Wildman–Crippen MR) is 93.3 cm³/mol. The van der Waals surface area contributed by atoms with Crippen molar-refractivity contribution in [1.82, 2.24) is 15.1 Å². The Morgan fingerprint density at radius 3 is 2.09 bits per heavy atom. The molecule has 128 valence electrons. The fourth-order valence-corrected chi connectivity index (χ4v) is 2.51. The summed E-state index contributed by atoms with van der Waals surface area (Å²) in [4.78, 5) is 27.8. The fraction of sp³-hybridized carbons (Fsp3) is 0.556. The lowest BCUT2D eigenvalue weighted by Crippen LogP contribution is -2.39. The van der Waals surface area contributed by atoms with Crippen molar-refractivity contribution in [3.05, 3.63) is 35.4 Å². The van der Waals surface area contributed by atoms with E-state index in [4.69, 9.17) is 0 Å². The Morgan fingerprint density at radius 2 is 1.61 bits per heavy atom. The maximum atomic E-state index is 12.3. The lowest BCUT2D eigenvalue weighted by molar-refractivity contribution is -0.132. The van der Waals surface area contributed by atoms with Crippen molar-refractivity contribution in [3.63, 3.8) is 0 Å². The molecule has 2 amide bonds. The number of amides is 2. The van der Waals surface area contributed by atoms with E-state index in [0.717, 1.165) is 31.5 Å². The molecular formula is C18H29N3O2. The number of benzene rings is 1. The number of carbonyl (C=O) groups excluding carboxylic acids is 2. The van der Waals surface area contributed by atoms with E-state index in [1.54, 1.807) is 7.05 Å². The first-order chi connectivity index (χ1) is 11.0. The van der Waals surface area contributed by atoms with Gasteiger partial charge in [0.25, 0.3) is 5.91 Å². The number of likely N-dealkylation sites (N-methyl/N-ethyl adjacent to an activating group) is 1. The van der Waals surface area contributed by atoms with Crippen molar-refractivity contribution in [2.75, 3.05) is 33.7 Å². The average Bonchev–Trinajstić information content (AvgIpc) is 2.54. The Kier molecular flexibility index (Phi) is 8.33. The molecule has 0 spiro atoms. The lowest BCUT2D eigenvalue weighted by Gasteiger charge is -2.25. The minimum Gasteiger partial charge on any atom is -0.355 e. The summed E-state index contributed by atoms with van der Waals surface area (Å²) in [6.07, 6.45) is 1.97. The molecule has 0 radical (unpaired) electrons. The average molecular weight is 319 g/mol. The van der Waals surface area contributed by atoms with Crippen molar-refractivity contribution in [2.45, 2.75) is 33.2 Å². The van der Waals surface area contributed by atoms with E-state index in [1.165, 1.54) is 0 Å². The van der Waals surface area contributed by atoms with Crippen LogP contribution in [0.1, 0.15) is 42.6 Å². The Bertz CT molecular complexity index is 493. The largest absolute Gasteiger partial charge is 0.355 e. The Balaban J connectivity index is 2.56. The minimum atomic E-state index is -0.0881. The van der Waals surface area contributed by atoms with Gasteiger partial charge in [0.1, 0.15) is 0 Å². The van der Waals surface area contributed by atoms with E-state index in [9.17, 15) is 9.59 Å². The van der Waals surface area contributed by atoms with E-state index >= 15 is 0 Å². The van der Waals surface area contributed by atoms with Gasteiger partial charge < -0.3 is 10.2 Å². The Morgan fingerprint density at radius 1 is 1.04 bits per heavy atom. The molecule has 0 saturated carbocycles. The normalized spacial score (nSPS) is 10.7. The molecule has 5 nitrogen and oxygen atoms in total. The van der Waals surface area contributed by atoms with Gasteiger partial charge in [-0.1, -0.05) is 26.0 Å². The number of carbonyl (C=O) groups is 2. The second kappa shape index (κ2) is 10.0. The minimum absolute atomic E-state index is 0.0881. The Labute approximate surface area is 139 Å². The molecule has 0 fully saturated rings. The van der Waals surface area contributed by atoms with Gasteiger partial charge in [0, 0.05) is 32.2 Å². The summed E-state index contributed by atoms with van der Waals surface area (Å²) in [5.74, 6) is 0.0908. The van der Waals surface area contributed by atoms with E-state index in [-0.39, 0.29) is 11.8 Å². The molecule has 5 heteroatoms. The van der Waals surface area contributed by atoms with E-state index in [0.29, 0.717) is 18.7 Å². The number of hydrogen-bond acceptors (Lipinski definition) is 3. The van der Waals surface area contributed by atoms with Gasteiger partial charge in [0.05, 0.1) is 6.54 Å². The lowest BCUT2D eigenvalue weighted by atomic mass is 10.1. The number of nitrogens with zero attached hydrogens (tertiary/aromatic N) is 2. The molecule has 0 aliphatic heterocycles. The van der Waals surface area contributed by atoms with Crippen LogP contribution >= 0.6 is 0 Å². The third-order valence-electron chi connectivity index (χ3n) is 3.64. The third kappa shape index (κ3) is 6.40. The maximum absolute atomic E-state index is 12.3. The molecule has 0 heterocycles. The molecule has 1 aromatic carbocycles. The summed E-state index contributed by atoms with van der Waals surface area (Å²) in [6, 6.07) is 7.48. The highest BCUT2D eigenvalue weighted by Gasteiger charge is 2.14. The first-order valence-corrected chi connectivity index (χ1v) is 8.29. The zero-order valence-corrected chi connectivity index (χ0v) is 14.8. The van der Waals surface area contributed by atoms with Crippen LogP contribution in [-0.4, -0.2) is 55.3 Å². The van der Waals surface area contributed by atoms with Crippen molar-refractivity contribution in [3.8, 4) is 0 Å². The quantitative estimate of drug-likeness (QED) is 0.758. The van der Waals surface area contributed by atoms with Gasteiger partial charge in [-0.3, -0.25) is 14.5 Å². The van der Waals surface area contributed by atoms with E-state index in [1.807, 2.05) is 41.1 Å². The molecule has 0 unspecified atom stereocenters. The van der Waals surface area contributed by atoms with Gasteiger partial charge in [0.2, 0.25) is 5.91 Å². The fourth-order valence-electron chi connectivity index (χ4n) is 2.51. The van der Waals surface area contributed by atoms with Crippen LogP contribution in [0.25, 0.3) is 0 Å². The second-order valence-electron chi connectivity index (χ2n) is 5.83.